The molecule has 1 aliphatic rings. The molecule has 50 valence electrons. The Balaban J connectivity index is 2.93. The van der Waals surface area contributed by atoms with Gasteiger partial charge in [0, 0.05) is 0 Å². The molecule has 1 rings (SSSR count). The molecule has 0 amide bonds. The van der Waals surface area contributed by atoms with Crippen molar-refractivity contribution in [1.29, 1.82) is 0 Å². The third-order valence-corrected chi connectivity index (χ3v) is 1.32. The van der Waals surface area contributed by atoms with Crippen LogP contribution in [-0.4, -0.2) is 22.4 Å². The Morgan fingerprint density at radius 1 is 1.67 bits per heavy atom. The molecular weight excluding hydrogens is 116 g/mol. The number of aliphatic hydroxyl groups excluding tert-OH is 1. The van der Waals surface area contributed by atoms with E-state index in [1.54, 1.807) is 19.1 Å². The Kier molecular flexibility index (Phi) is 1.35. The van der Waals surface area contributed by atoms with Crippen LogP contribution in [0.25, 0.3) is 0 Å². The second-order valence-corrected chi connectivity index (χ2v) is 2.06. The second kappa shape index (κ2) is 2.33. The summed E-state index contributed by atoms with van der Waals surface area (Å²) >= 11 is 0. The van der Waals surface area contributed by atoms with Gasteiger partial charge in [-0.05, 0) is 12.5 Å². The van der Waals surface area contributed by atoms with E-state index in [0.717, 1.165) is 0 Å². The predicted molar refractivity (Wildman–Crippen MR) is 34.9 cm³/mol. The van der Waals surface area contributed by atoms with Crippen molar-refractivity contribution in [3.05, 3.63) is 23.8 Å². The molecule has 0 aromatic carbocycles. The maximum absolute atomic E-state index is 9.21. The zero-order valence-electron chi connectivity index (χ0n) is 6.20. The first kappa shape index (κ1) is 5.21. The maximum Gasteiger partial charge on any atom is 0.105 e. The minimum absolute atomic E-state index is 0.461. The van der Waals surface area contributed by atoms with Crippen LogP contribution in [0.4, 0.5) is 0 Å². The van der Waals surface area contributed by atoms with Crippen molar-refractivity contribution in [1.82, 2.24) is 0 Å². The molecule has 0 heterocycles. The van der Waals surface area contributed by atoms with Crippen LogP contribution in [0.15, 0.2) is 23.8 Å². The van der Waals surface area contributed by atoms with Crippen molar-refractivity contribution in [2.24, 2.45) is 0 Å². The third-order valence-electron chi connectivity index (χ3n) is 1.32. The van der Waals surface area contributed by atoms with Crippen molar-refractivity contribution in [2.45, 2.75) is 19.1 Å². The lowest BCUT2D eigenvalue weighted by Gasteiger charge is -2.17. The van der Waals surface area contributed by atoms with Crippen LogP contribution >= 0.6 is 0 Å². The molecule has 0 bridgehead atoms. The molecule has 2 atom stereocenters. The zero-order chi connectivity index (χ0) is 7.78. The van der Waals surface area contributed by atoms with E-state index in [0.29, 0.717) is 5.57 Å². The van der Waals surface area contributed by atoms with Crippen molar-refractivity contribution in [3.8, 4) is 0 Å². The van der Waals surface area contributed by atoms with E-state index in [4.69, 9.17) is 6.48 Å². The first-order valence-electron chi connectivity index (χ1n) is 3.31. The van der Waals surface area contributed by atoms with Gasteiger partial charge in [-0.3, -0.25) is 0 Å². The van der Waals surface area contributed by atoms with E-state index in [9.17, 15) is 5.11 Å². The maximum atomic E-state index is 9.21. The summed E-state index contributed by atoms with van der Waals surface area (Å²) in [5.41, 5.74) is 0.461. The van der Waals surface area contributed by atoms with E-state index in [1.807, 2.05) is 0 Å². The third kappa shape index (κ3) is 1.20. The van der Waals surface area contributed by atoms with E-state index < -0.39 is 12.2 Å². The molecule has 0 fully saturated rings. The van der Waals surface area contributed by atoms with Gasteiger partial charge in [0.2, 0.25) is 0 Å². The van der Waals surface area contributed by atoms with Gasteiger partial charge in [0.25, 0.3) is 0 Å². The second-order valence-electron chi connectivity index (χ2n) is 2.06. The highest BCUT2D eigenvalue weighted by atomic mass is 16.3. The lowest BCUT2D eigenvalue weighted by Crippen LogP contribution is -2.26. The summed E-state index contributed by atoms with van der Waals surface area (Å²) in [5.74, 6) is 0. The molecule has 0 saturated heterocycles. The first-order valence-corrected chi connectivity index (χ1v) is 2.81. The van der Waals surface area contributed by atoms with Crippen molar-refractivity contribution >= 4 is 0 Å². The topological polar surface area (TPSA) is 40.5 Å². The predicted octanol–water partition coefficient (Wildman–Crippen LogP) is 0.224. The SMILES string of the molecule is [2H][C@]1(O)C(C)=CC=CC1O. The summed E-state index contributed by atoms with van der Waals surface area (Å²) in [6, 6.07) is 0. The normalized spacial score (nSPS) is 44.1. The van der Waals surface area contributed by atoms with Crippen molar-refractivity contribution in [3.63, 3.8) is 0 Å². The van der Waals surface area contributed by atoms with Crippen LogP contribution in [0.3, 0.4) is 0 Å². The van der Waals surface area contributed by atoms with Crippen LogP contribution < -0.4 is 0 Å². The molecule has 9 heavy (non-hydrogen) atoms. The molecule has 2 N–H and O–H groups in total. The largest absolute Gasteiger partial charge is 0.386 e. The van der Waals surface area contributed by atoms with Gasteiger partial charge in [-0.2, -0.15) is 0 Å². The Bertz CT molecular complexity index is 194. The van der Waals surface area contributed by atoms with Crippen LogP contribution in [0.2, 0.25) is 0 Å². The summed E-state index contributed by atoms with van der Waals surface area (Å²) in [4.78, 5) is 0. The standard InChI is InChI=1S/C7H10O2/c1-5-3-2-4-6(8)7(5)9/h2-4,6-9H,1H3/t6?,7-/m0/s1/i7D. The van der Waals surface area contributed by atoms with Gasteiger partial charge in [0.05, 0.1) is 1.37 Å². The van der Waals surface area contributed by atoms with E-state index >= 15 is 0 Å². The lowest BCUT2D eigenvalue weighted by atomic mass is 10.0. The quantitative estimate of drug-likeness (QED) is 0.489. The highest BCUT2D eigenvalue weighted by Crippen LogP contribution is 2.11. The summed E-state index contributed by atoms with van der Waals surface area (Å²) in [5, 5.41) is 18.3. The van der Waals surface area contributed by atoms with Gasteiger partial charge >= 0.3 is 0 Å². The minimum Gasteiger partial charge on any atom is -0.386 e. The average molecular weight is 127 g/mol. The highest BCUT2D eigenvalue weighted by Gasteiger charge is 2.16. The number of hydrogen-bond donors (Lipinski definition) is 2. The molecule has 0 aliphatic heterocycles. The molecule has 0 radical (unpaired) electrons. The van der Waals surface area contributed by atoms with Crippen LogP contribution in [0.1, 0.15) is 8.29 Å². The number of hydrogen-bond acceptors (Lipinski definition) is 2. The number of aliphatic hydroxyl groups is 2. The van der Waals surface area contributed by atoms with Gasteiger partial charge in [-0.1, -0.05) is 18.2 Å². The first-order chi connectivity index (χ1) is 4.55. The summed E-state index contributed by atoms with van der Waals surface area (Å²) in [6.07, 6.45) is 1.70. The molecule has 0 saturated carbocycles. The smallest absolute Gasteiger partial charge is 0.105 e. The molecule has 0 aromatic heterocycles. The van der Waals surface area contributed by atoms with E-state index in [2.05, 4.69) is 0 Å². The highest BCUT2D eigenvalue weighted by molar-refractivity contribution is 5.23. The molecule has 2 nitrogen and oxygen atoms in total. The molecule has 1 aliphatic carbocycles. The minimum atomic E-state index is -1.82. The van der Waals surface area contributed by atoms with E-state index in [-0.39, 0.29) is 0 Å². The molecule has 0 aromatic rings. The Morgan fingerprint density at radius 2 is 2.33 bits per heavy atom. The van der Waals surface area contributed by atoms with Gasteiger partial charge in [-0.25, -0.2) is 0 Å². The fourth-order valence-electron chi connectivity index (χ4n) is 0.715. The van der Waals surface area contributed by atoms with Crippen molar-refractivity contribution < 1.29 is 11.6 Å². The van der Waals surface area contributed by atoms with Gasteiger partial charge in [0.1, 0.15) is 12.2 Å². The van der Waals surface area contributed by atoms with Crippen molar-refractivity contribution in [2.75, 3.05) is 0 Å². The Labute approximate surface area is 55.5 Å². The number of rotatable bonds is 0. The fourth-order valence-corrected chi connectivity index (χ4v) is 0.715. The number of allylic oxidation sites excluding steroid dienone is 2. The summed E-state index contributed by atoms with van der Waals surface area (Å²) in [7, 11) is 0. The van der Waals surface area contributed by atoms with Crippen LogP contribution in [-0.2, 0) is 0 Å². The van der Waals surface area contributed by atoms with Gasteiger partial charge in [0.15, 0.2) is 0 Å². The Hall–Kier alpha value is -0.600. The van der Waals surface area contributed by atoms with E-state index in [1.165, 1.54) is 6.08 Å². The van der Waals surface area contributed by atoms with Crippen LogP contribution in [0.5, 0.6) is 0 Å². The molecule has 0 spiro atoms. The van der Waals surface area contributed by atoms with Crippen LogP contribution in [0, 0.1) is 0 Å². The zero-order valence-corrected chi connectivity index (χ0v) is 5.20. The summed E-state index contributed by atoms with van der Waals surface area (Å²) < 4.78 is 7.22. The average Bonchev–Trinajstić information content (AvgIpc) is 1.84. The molecule has 2 heteroatoms. The van der Waals surface area contributed by atoms with Gasteiger partial charge in [-0.15, -0.1) is 0 Å². The monoisotopic (exact) mass is 127 g/mol. The summed E-state index contributed by atoms with van der Waals surface area (Å²) in [6.45, 7) is 1.61. The molecule has 1 unspecified atom stereocenters. The Morgan fingerprint density at radius 3 is 2.78 bits per heavy atom. The lowest BCUT2D eigenvalue weighted by molar-refractivity contribution is 0.0716. The fraction of sp³-hybridized carbons (Fsp3) is 0.429. The molecular formula is C7H10O2. The van der Waals surface area contributed by atoms with Gasteiger partial charge < -0.3 is 10.2 Å².